The summed E-state index contributed by atoms with van der Waals surface area (Å²) in [6, 6.07) is 7.96. The van der Waals surface area contributed by atoms with E-state index in [-0.39, 0.29) is 11.2 Å². The lowest BCUT2D eigenvalue weighted by molar-refractivity contribution is -0.115. The lowest BCUT2D eigenvalue weighted by Crippen LogP contribution is -2.22. The molecule has 0 saturated heterocycles. The molecule has 25 heavy (non-hydrogen) atoms. The van der Waals surface area contributed by atoms with Crippen LogP contribution in [0.5, 0.6) is 0 Å². The third-order valence-electron chi connectivity index (χ3n) is 4.31. The maximum absolute atomic E-state index is 12.5. The number of aromatic amines is 1. The number of pyridine rings is 1. The summed E-state index contributed by atoms with van der Waals surface area (Å²) in [4.78, 5) is 24.2. The van der Waals surface area contributed by atoms with Gasteiger partial charge in [0.25, 0.3) is 0 Å². The summed E-state index contributed by atoms with van der Waals surface area (Å²) in [5, 5.41) is 3.91. The minimum absolute atomic E-state index is 0.0469. The number of aromatic nitrogens is 3. The number of halogens is 1. The number of aryl methyl sites for hydroxylation is 2. The zero-order valence-electron chi connectivity index (χ0n) is 13.7. The maximum Gasteiger partial charge on any atom is 0.237 e. The van der Waals surface area contributed by atoms with Gasteiger partial charge in [-0.05, 0) is 55.5 Å². The van der Waals surface area contributed by atoms with E-state index in [9.17, 15) is 4.79 Å². The van der Waals surface area contributed by atoms with E-state index in [1.807, 2.05) is 13.0 Å². The highest BCUT2D eigenvalue weighted by Crippen LogP contribution is 2.27. The Bertz CT molecular complexity index is 955. The van der Waals surface area contributed by atoms with E-state index in [0.717, 1.165) is 24.0 Å². The molecule has 0 fully saturated rings. The Labute approximate surface area is 154 Å². The summed E-state index contributed by atoms with van der Waals surface area (Å²) >= 11 is 7.30. The normalized spacial score (nSPS) is 14.5. The largest absolute Gasteiger partial charge is 0.331 e. The van der Waals surface area contributed by atoms with Crippen LogP contribution in [-0.2, 0) is 17.6 Å². The molecule has 4 rings (SSSR count). The van der Waals surface area contributed by atoms with Crippen molar-refractivity contribution in [2.24, 2.45) is 0 Å². The number of hydrogen-bond donors (Lipinski definition) is 2. The average Bonchev–Trinajstić information content (AvgIpc) is 3.19. The van der Waals surface area contributed by atoms with Crippen LogP contribution in [0, 0.1) is 0 Å². The molecule has 1 aliphatic carbocycles. The first-order chi connectivity index (χ1) is 12.1. The van der Waals surface area contributed by atoms with Crippen LogP contribution in [0.2, 0.25) is 5.02 Å². The van der Waals surface area contributed by atoms with Gasteiger partial charge in [0.1, 0.15) is 0 Å². The van der Waals surface area contributed by atoms with Crippen molar-refractivity contribution in [1.82, 2.24) is 15.0 Å². The van der Waals surface area contributed by atoms with Crippen LogP contribution < -0.4 is 5.32 Å². The molecule has 0 unspecified atom stereocenters. The summed E-state index contributed by atoms with van der Waals surface area (Å²) in [7, 11) is 0. The van der Waals surface area contributed by atoms with E-state index in [2.05, 4.69) is 32.4 Å². The van der Waals surface area contributed by atoms with Crippen LogP contribution in [0.4, 0.5) is 5.69 Å². The molecule has 128 valence electrons. The van der Waals surface area contributed by atoms with Gasteiger partial charge < -0.3 is 10.3 Å². The van der Waals surface area contributed by atoms with Gasteiger partial charge >= 0.3 is 0 Å². The van der Waals surface area contributed by atoms with Crippen molar-refractivity contribution in [3.63, 3.8) is 0 Å². The van der Waals surface area contributed by atoms with Gasteiger partial charge in [0, 0.05) is 11.9 Å². The second-order valence-electron chi connectivity index (χ2n) is 6.15. The summed E-state index contributed by atoms with van der Waals surface area (Å²) < 4.78 is 0. The van der Waals surface area contributed by atoms with Gasteiger partial charge in [0.15, 0.2) is 10.8 Å². The Kier molecular flexibility index (Phi) is 4.39. The number of hydrogen-bond acceptors (Lipinski definition) is 4. The molecule has 2 N–H and O–H groups in total. The van der Waals surface area contributed by atoms with Crippen molar-refractivity contribution in [3.8, 4) is 0 Å². The summed E-state index contributed by atoms with van der Waals surface area (Å²) in [6.45, 7) is 1.86. The number of carbonyl (C=O) groups is 1. The molecule has 3 aromatic rings. The molecule has 0 saturated carbocycles. The van der Waals surface area contributed by atoms with Crippen LogP contribution in [0.15, 0.2) is 35.6 Å². The highest BCUT2D eigenvalue weighted by molar-refractivity contribution is 8.00. The van der Waals surface area contributed by atoms with Crippen molar-refractivity contribution in [2.75, 3.05) is 5.32 Å². The highest BCUT2D eigenvalue weighted by atomic mass is 35.5. The van der Waals surface area contributed by atoms with E-state index >= 15 is 0 Å². The maximum atomic E-state index is 12.5. The van der Waals surface area contributed by atoms with Crippen molar-refractivity contribution in [1.29, 1.82) is 0 Å². The number of nitrogens with zero attached hydrogens (tertiary/aromatic N) is 2. The Morgan fingerprint density at radius 1 is 1.32 bits per heavy atom. The van der Waals surface area contributed by atoms with E-state index < -0.39 is 0 Å². The summed E-state index contributed by atoms with van der Waals surface area (Å²) in [5.41, 5.74) is 4.96. The van der Waals surface area contributed by atoms with E-state index in [1.54, 1.807) is 12.3 Å². The number of carbonyl (C=O) groups excluding carboxylic acids is 1. The van der Waals surface area contributed by atoms with Crippen LogP contribution in [0.1, 0.15) is 24.5 Å². The average molecular weight is 373 g/mol. The van der Waals surface area contributed by atoms with Gasteiger partial charge in [-0.2, -0.15) is 0 Å². The third kappa shape index (κ3) is 3.50. The lowest BCUT2D eigenvalue weighted by Gasteiger charge is -2.11. The number of imidazole rings is 1. The number of anilines is 1. The van der Waals surface area contributed by atoms with Crippen molar-refractivity contribution < 1.29 is 4.79 Å². The Morgan fingerprint density at radius 3 is 3.04 bits per heavy atom. The fourth-order valence-electron chi connectivity index (χ4n) is 3.02. The topological polar surface area (TPSA) is 70.7 Å². The number of benzene rings is 1. The first kappa shape index (κ1) is 16.4. The first-order valence-corrected chi connectivity index (χ1v) is 9.45. The van der Waals surface area contributed by atoms with Gasteiger partial charge in [-0.1, -0.05) is 29.4 Å². The molecule has 1 aromatic carbocycles. The van der Waals surface area contributed by atoms with Crippen LogP contribution in [0.3, 0.4) is 0 Å². The standard InChI is InChI=1S/C18H17ClN4OS/c1-10(25-18-22-15-8-13(19)9-20-16(15)23-18)17(24)21-14-6-5-11-3-2-4-12(11)7-14/h5-10H,2-4H2,1H3,(H,21,24)(H,20,22,23)/t10-/m1/s1. The molecule has 0 radical (unpaired) electrons. The first-order valence-electron chi connectivity index (χ1n) is 8.19. The molecule has 0 aliphatic heterocycles. The van der Waals surface area contributed by atoms with E-state index in [0.29, 0.717) is 15.8 Å². The molecule has 2 aromatic heterocycles. The minimum Gasteiger partial charge on any atom is -0.331 e. The van der Waals surface area contributed by atoms with Gasteiger partial charge in [-0.3, -0.25) is 4.79 Å². The Hall–Kier alpha value is -2.05. The molecule has 1 amide bonds. The highest BCUT2D eigenvalue weighted by Gasteiger charge is 2.18. The van der Waals surface area contributed by atoms with Gasteiger partial charge in [0.2, 0.25) is 5.91 Å². The van der Waals surface area contributed by atoms with Gasteiger partial charge in [-0.25, -0.2) is 9.97 Å². The molecule has 7 heteroatoms. The molecular weight excluding hydrogens is 356 g/mol. The molecule has 5 nitrogen and oxygen atoms in total. The van der Waals surface area contributed by atoms with Crippen LogP contribution in [-0.4, -0.2) is 26.1 Å². The Balaban J connectivity index is 1.44. The molecule has 0 bridgehead atoms. The number of rotatable bonds is 4. The van der Waals surface area contributed by atoms with Crippen LogP contribution in [0.25, 0.3) is 11.2 Å². The zero-order valence-corrected chi connectivity index (χ0v) is 15.2. The second-order valence-corrected chi connectivity index (χ2v) is 7.92. The summed E-state index contributed by atoms with van der Waals surface area (Å²) in [5.74, 6) is -0.0469. The van der Waals surface area contributed by atoms with Crippen molar-refractivity contribution >= 4 is 46.1 Å². The predicted octanol–water partition coefficient (Wildman–Crippen LogP) is 4.22. The smallest absolute Gasteiger partial charge is 0.237 e. The number of fused-ring (bicyclic) bond motifs is 2. The Morgan fingerprint density at radius 2 is 2.16 bits per heavy atom. The van der Waals surface area contributed by atoms with Crippen molar-refractivity contribution in [2.45, 2.75) is 36.6 Å². The predicted molar refractivity (Wildman–Crippen MR) is 101 cm³/mol. The SMILES string of the molecule is C[C@@H](Sc1nc2ncc(Cl)cc2[nH]1)C(=O)Nc1ccc2c(c1)CCC2. The number of amides is 1. The number of thioether (sulfide) groups is 1. The number of H-pyrrole nitrogens is 1. The van der Waals surface area contributed by atoms with E-state index in [1.165, 1.54) is 29.3 Å². The van der Waals surface area contributed by atoms with Gasteiger partial charge in [-0.15, -0.1) is 0 Å². The quantitative estimate of drug-likeness (QED) is 0.673. The monoisotopic (exact) mass is 372 g/mol. The van der Waals surface area contributed by atoms with Crippen LogP contribution >= 0.6 is 23.4 Å². The van der Waals surface area contributed by atoms with Crippen molar-refractivity contribution in [3.05, 3.63) is 46.6 Å². The fraction of sp³-hybridized carbons (Fsp3) is 0.278. The molecule has 1 atom stereocenters. The van der Waals surface area contributed by atoms with Gasteiger partial charge in [0.05, 0.1) is 15.8 Å². The zero-order chi connectivity index (χ0) is 17.4. The molecule has 0 spiro atoms. The third-order valence-corrected chi connectivity index (χ3v) is 5.50. The van der Waals surface area contributed by atoms with E-state index in [4.69, 9.17) is 11.6 Å². The second kappa shape index (κ2) is 6.69. The molecular formula is C18H17ClN4OS. The minimum atomic E-state index is -0.288. The molecule has 1 aliphatic rings. The fourth-order valence-corrected chi connectivity index (χ4v) is 3.99. The number of nitrogens with one attached hydrogen (secondary N) is 2. The molecule has 2 heterocycles. The lowest BCUT2D eigenvalue weighted by atomic mass is 10.1. The summed E-state index contributed by atoms with van der Waals surface area (Å²) in [6.07, 6.45) is 4.99.